The van der Waals surface area contributed by atoms with E-state index in [-0.39, 0.29) is 0 Å². The van der Waals surface area contributed by atoms with Crippen LogP contribution in [-0.2, 0) is 18.8 Å². The van der Waals surface area contributed by atoms with Gasteiger partial charge < -0.3 is 0 Å². The minimum absolute atomic E-state index is 0.664. The monoisotopic (exact) mass is 565 g/mol. The molecule has 26 heavy (non-hydrogen) atoms. The molecule has 0 amide bonds. The van der Waals surface area contributed by atoms with Crippen molar-refractivity contribution in [3.63, 3.8) is 0 Å². The summed E-state index contributed by atoms with van der Waals surface area (Å²) in [4.78, 5) is -0.664. The zero-order valence-electron chi connectivity index (χ0n) is 18.6. The van der Waals surface area contributed by atoms with Crippen molar-refractivity contribution in [3.05, 3.63) is 0 Å². The molecule has 2 heteroatoms. The maximum atomic E-state index is 2.97. The fourth-order valence-electron chi connectivity index (χ4n) is 3.83. The molecule has 0 aromatic carbocycles. The first-order chi connectivity index (χ1) is 12.7. The summed E-state index contributed by atoms with van der Waals surface area (Å²) >= 11 is 2.97. The van der Waals surface area contributed by atoms with Gasteiger partial charge in [0, 0.05) is 0 Å². The number of hydrogen-bond acceptors (Lipinski definition) is 0. The molecule has 0 atom stereocenters. The van der Waals surface area contributed by atoms with Gasteiger partial charge in [-0.05, 0) is 0 Å². The second-order valence-corrected chi connectivity index (χ2v) is 18.2. The van der Waals surface area contributed by atoms with Gasteiger partial charge in [0.25, 0.3) is 0 Å². The Morgan fingerprint density at radius 2 is 0.615 bits per heavy atom. The van der Waals surface area contributed by atoms with Gasteiger partial charge in [-0.25, -0.2) is 0 Å². The summed E-state index contributed by atoms with van der Waals surface area (Å²) in [6.45, 7) is 6.97. The number of unbranched alkanes of at least 4 members (excludes halogenated alkanes) is 15. The molecule has 0 saturated carbocycles. The van der Waals surface area contributed by atoms with Gasteiger partial charge in [-0.2, -0.15) is 0 Å². The maximum absolute atomic E-state index is 2.97. The second-order valence-electron chi connectivity index (χ2n) is 8.44. The normalized spacial score (nSPS) is 12.0. The van der Waals surface area contributed by atoms with Crippen LogP contribution in [0.1, 0.15) is 136 Å². The van der Waals surface area contributed by atoms with E-state index in [0.717, 1.165) is 0 Å². The Kier molecular flexibility index (Phi) is 21.7. The predicted octanol–water partition coefficient (Wildman–Crippen LogP) is 9.55. The van der Waals surface area contributed by atoms with Gasteiger partial charge in [0.05, 0.1) is 0 Å². The van der Waals surface area contributed by atoms with Crippen molar-refractivity contribution >= 4 is 4.90 Å². The van der Waals surface area contributed by atoms with E-state index in [9.17, 15) is 0 Å². The van der Waals surface area contributed by atoms with E-state index in [1.165, 1.54) is 116 Å². The van der Waals surface area contributed by atoms with Crippen molar-refractivity contribution in [3.8, 4) is 0 Å². The molecule has 162 valence electrons. The van der Waals surface area contributed by atoms with Gasteiger partial charge in [-0.15, -0.1) is 0 Å². The summed E-state index contributed by atoms with van der Waals surface area (Å²) in [5, 5.41) is 0. The van der Waals surface area contributed by atoms with Crippen molar-refractivity contribution in [2.24, 2.45) is 0 Å². The molecule has 0 heterocycles. The Labute approximate surface area is 178 Å². The van der Waals surface area contributed by atoms with Crippen LogP contribution in [0.25, 0.3) is 0 Å². The van der Waals surface area contributed by atoms with E-state index < -0.39 is 4.90 Å². The van der Waals surface area contributed by atoms with Crippen LogP contribution in [0.15, 0.2) is 0 Å². The van der Waals surface area contributed by atoms with E-state index in [1.807, 2.05) is 0 Å². The third-order valence-electron chi connectivity index (χ3n) is 5.70. The summed E-state index contributed by atoms with van der Waals surface area (Å²) in [6, 6.07) is 0. The molecule has 0 aromatic rings. The Morgan fingerprint density at radius 1 is 0.385 bits per heavy atom. The van der Waals surface area contributed by atoms with E-state index in [2.05, 4.69) is 39.6 Å². The first kappa shape index (κ1) is 27.1. The minimum atomic E-state index is -0.664. The standard InChI is InChI=1S/C24H51P.Pt/c1-4-7-10-13-16-19-22-25(23-20-17-14-11-8-5-2)24-21-18-15-12-9-6-3;/h4-24H2,1-3H3;. The van der Waals surface area contributed by atoms with Crippen LogP contribution in [0.4, 0.5) is 0 Å². The molecule has 0 bridgehead atoms. The van der Waals surface area contributed by atoms with Gasteiger partial charge in [0.2, 0.25) is 0 Å². The number of hydrogen-bond donors (Lipinski definition) is 0. The summed E-state index contributed by atoms with van der Waals surface area (Å²) in [7, 11) is 0. The van der Waals surface area contributed by atoms with Crippen molar-refractivity contribution in [1.82, 2.24) is 0 Å². The van der Waals surface area contributed by atoms with Gasteiger partial charge >= 0.3 is 179 Å². The molecule has 0 aromatic heterocycles. The van der Waals surface area contributed by atoms with Crippen molar-refractivity contribution in [1.29, 1.82) is 0 Å². The molecule has 0 saturated heterocycles. The molecule has 0 aliphatic rings. The Morgan fingerprint density at radius 3 is 0.885 bits per heavy atom. The third-order valence-corrected chi connectivity index (χ3v) is 13.5. The fraction of sp³-hybridized carbons (Fsp3) is 1.00. The average Bonchev–Trinajstić information content (AvgIpc) is 2.64. The van der Waals surface area contributed by atoms with Crippen LogP contribution >= 0.6 is 4.90 Å². The SMILES string of the molecule is CCCCCCCC[P](=[Pt])(CCCCCCCC)CCCCCCCC. The summed E-state index contributed by atoms with van der Waals surface area (Å²) < 4.78 is 0. The summed E-state index contributed by atoms with van der Waals surface area (Å²) in [5.41, 5.74) is 0. The third kappa shape index (κ3) is 18.5. The zero-order chi connectivity index (χ0) is 19.3. The van der Waals surface area contributed by atoms with Crippen molar-refractivity contribution in [2.75, 3.05) is 18.5 Å². The summed E-state index contributed by atoms with van der Waals surface area (Å²) in [6.07, 6.45) is 31.1. The van der Waals surface area contributed by atoms with Gasteiger partial charge in [-0.1, -0.05) is 0 Å². The molecule has 0 rings (SSSR count). The molecule has 0 aliphatic heterocycles. The molecule has 0 N–H and O–H groups in total. The quantitative estimate of drug-likeness (QED) is 0.0960. The predicted molar refractivity (Wildman–Crippen MR) is 122 cm³/mol. The van der Waals surface area contributed by atoms with Gasteiger partial charge in [0.1, 0.15) is 0 Å². The van der Waals surface area contributed by atoms with Crippen molar-refractivity contribution < 1.29 is 18.8 Å². The topological polar surface area (TPSA) is 0 Å². The van der Waals surface area contributed by atoms with Crippen LogP contribution in [0.3, 0.4) is 0 Å². The van der Waals surface area contributed by atoms with Gasteiger partial charge in [-0.3, -0.25) is 0 Å². The molecular weight excluding hydrogens is 514 g/mol. The van der Waals surface area contributed by atoms with Crippen LogP contribution < -0.4 is 0 Å². The van der Waals surface area contributed by atoms with Crippen LogP contribution in [0, 0.1) is 0 Å². The molecule has 0 aliphatic carbocycles. The fourth-order valence-corrected chi connectivity index (χ4v) is 10.0. The van der Waals surface area contributed by atoms with Crippen LogP contribution in [0.2, 0.25) is 0 Å². The van der Waals surface area contributed by atoms with Crippen molar-refractivity contribution in [2.45, 2.75) is 136 Å². The first-order valence-electron chi connectivity index (χ1n) is 12.2. The second kappa shape index (κ2) is 20.8. The van der Waals surface area contributed by atoms with Crippen LogP contribution in [-0.4, -0.2) is 18.5 Å². The molecule has 0 spiro atoms. The van der Waals surface area contributed by atoms with Gasteiger partial charge in [0.15, 0.2) is 0 Å². The molecule has 0 radical (unpaired) electrons. The average molecular weight is 566 g/mol. The molecule has 0 unspecified atom stereocenters. The summed E-state index contributed by atoms with van der Waals surface area (Å²) in [5.74, 6) is 0. The first-order valence-corrected chi connectivity index (χ1v) is 17.4. The Balaban J connectivity index is 4.04. The molecular formula is C24H51PPt. The Bertz CT molecular complexity index is 266. The van der Waals surface area contributed by atoms with E-state index >= 15 is 0 Å². The molecule has 0 fully saturated rings. The van der Waals surface area contributed by atoms with E-state index in [1.54, 1.807) is 18.5 Å². The zero-order valence-corrected chi connectivity index (χ0v) is 21.8. The molecule has 0 nitrogen and oxygen atoms in total. The van der Waals surface area contributed by atoms with E-state index in [0.29, 0.717) is 0 Å². The van der Waals surface area contributed by atoms with Crippen LogP contribution in [0.5, 0.6) is 0 Å². The van der Waals surface area contributed by atoms with E-state index in [4.69, 9.17) is 0 Å². The number of rotatable bonds is 21. The Hall–Kier alpha value is 1.12.